The summed E-state index contributed by atoms with van der Waals surface area (Å²) in [5.74, 6) is -0.282. The molecule has 1 amide bonds. The van der Waals surface area contributed by atoms with E-state index in [-0.39, 0.29) is 11.9 Å². The third kappa shape index (κ3) is 3.79. The lowest BCUT2D eigenvalue weighted by atomic mass is 9.90. The van der Waals surface area contributed by atoms with E-state index < -0.39 is 11.6 Å². The van der Waals surface area contributed by atoms with Crippen LogP contribution in [0.15, 0.2) is 30.3 Å². The maximum Gasteiger partial charge on any atom is 0.348 e. The van der Waals surface area contributed by atoms with Crippen LogP contribution in [0.3, 0.4) is 0 Å². The van der Waals surface area contributed by atoms with E-state index in [2.05, 4.69) is 4.90 Å². The number of para-hydroxylation sites is 1. The summed E-state index contributed by atoms with van der Waals surface area (Å²) in [7, 11) is 1.99. The third-order valence-corrected chi connectivity index (χ3v) is 5.38. The molecule has 2 aliphatic heterocycles. The number of rotatable bonds is 4. The van der Waals surface area contributed by atoms with Gasteiger partial charge in [-0.2, -0.15) is 0 Å². The Kier molecular flexibility index (Phi) is 5.27. The van der Waals surface area contributed by atoms with Crippen molar-refractivity contribution in [2.75, 3.05) is 26.7 Å². The molecule has 0 aliphatic carbocycles. The fourth-order valence-electron chi connectivity index (χ4n) is 3.76. The lowest BCUT2D eigenvalue weighted by Gasteiger charge is -2.41. The number of aliphatic carboxylic acids is 1. The molecule has 1 atom stereocenters. The van der Waals surface area contributed by atoms with Crippen LogP contribution in [0, 0.1) is 0 Å². The summed E-state index contributed by atoms with van der Waals surface area (Å²) in [5.41, 5.74) is -1.25. The number of carbonyl (C=O) groups is 2. The Morgan fingerprint density at radius 1 is 1.12 bits per heavy atom. The predicted octanol–water partition coefficient (Wildman–Crippen LogP) is 2.00. The summed E-state index contributed by atoms with van der Waals surface area (Å²) in [4.78, 5) is 28.6. The average molecular weight is 346 g/mol. The first-order valence-electron chi connectivity index (χ1n) is 8.98. The van der Waals surface area contributed by atoms with Gasteiger partial charge in [-0.1, -0.05) is 24.6 Å². The number of nitrogens with zero attached hydrogens (tertiary/aromatic N) is 2. The molecular weight excluding hydrogens is 320 g/mol. The van der Waals surface area contributed by atoms with Gasteiger partial charge in [0, 0.05) is 25.9 Å². The van der Waals surface area contributed by atoms with Gasteiger partial charge in [-0.05, 0) is 38.6 Å². The number of ether oxygens (including phenoxy) is 1. The van der Waals surface area contributed by atoms with Gasteiger partial charge >= 0.3 is 5.97 Å². The summed E-state index contributed by atoms with van der Waals surface area (Å²) in [6.07, 6.45) is 3.70. The first-order chi connectivity index (χ1) is 12.0. The zero-order valence-corrected chi connectivity index (χ0v) is 14.7. The molecule has 136 valence electrons. The molecule has 0 radical (unpaired) electrons. The zero-order valence-electron chi connectivity index (χ0n) is 14.7. The number of likely N-dealkylation sites (tertiary alicyclic amines) is 2. The van der Waals surface area contributed by atoms with Gasteiger partial charge in [0.05, 0.1) is 6.04 Å². The average Bonchev–Trinajstić information content (AvgIpc) is 2.63. The molecule has 6 heteroatoms. The van der Waals surface area contributed by atoms with Crippen molar-refractivity contribution in [3.05, 3.63) is 30.3 Å². The monoisotopic (exact) mass is 346 g/mol. The highest BCUT2D eigenvalue weighted by Gasteiger charge is 2.45. The summed E-state index contributed by atoms with van der Waals surface area (Å²) >= 11 is 0. The number of likely N-dealkylation sites (N-methyl/N-ethyl adjacent to an activating group) is 1. The largest absolute Gasteiger partial charge is 0.478 e. The van der Waals surface area contributed by atoms with Crippen LogP contribution in [0.1, 0.15) is 32.1 Å². The van der Waals surface area contributed by atoms with E-state index in [4.69, 9.17) is 4.74 Å². The van der Waals surface area contributed by atoms with Crippen LogP contribution in [-0.4, -0.2) is 65.1 Å². The standard InChI is InChI=1S/C19H26N2O4/c1-20-12-6-5-9-16(20)17(22)21-13-10-19(11-14-21,18(23)24)25-15-7-3-2-4-8-15/h2-4,7-8,16H,5-6,9-14H2,1H3,(H,23,24). The van der Waals surface area contributed by atoms with Gasteiger partial charge in [0.15, 0.2) is 0 Å². The van der Waals surface area contributed by atoms with Crippen LogP contribution in [-0.2, 0) is 9.59 Å². The fraction of sp³-hybridized carbons (Fsp3) is 0.579. The van der Waals surface area contributed by atoms with Crippen LogP contribution in [0.4, 0.5) is 0 Å². The van der Waals surface area contributed by atoms with Gasteiger partial charge in [0.2, 0.25) is 11.5 Å². The van der Waals surface area contributed by atoms with Crippen molar-refractivity contribution in [3.8, 4) is 5.75 Å². The van der Waals surface area contributed by atoms with E-state index in [1.807, 2.05) is 30.1 Å². The molecule has 2 saturated heterocycles. The molecular formula is C19H26N2O4. The van der Waals surface area contributed by atoms with Crippen molar-refractivity contribution in [2.24, 2.45) is 0 Å². The van der Waals surface area contributed by atoms with E-state index in [9.17, 15) is 14.7 Å². The molecule has 2 fully saturated rings. The molecule has 0 saturated carbocycles. The summed E-state index contributed by atoms with van der Waals surface area (Å²) < 4.78 is 5.85. The van der Waals surface area contributed by atoms with Crippen molar-refractivity contribution in [2.45, 2.75) is 43.7 Å². The molecule has 1 aromatic rings. The molecule has 25 heavy (non-hydrogen) atoms. The fourth-order valence-corrected chi connectivity index (χ4v) is 3.76. The SMILES string of the molecule is CN1CCCCC1C(=O)N1CCC(Oc2ccccc2)(C(=O)O)CC1. The quantitative estimate of drug-likeness (QED) is 0.903. The highest BCUT2D eigenvalue weighted by Crippen LogP contribution is 2.30. The number of piperidine rings is 2. The predicted molar refractivity (Wildman–Crippen MR) is 93.5 cm³/mol. The number of amides is 1. The van der Waals surface area contributed by atoms with Crippen molar-refractivity contribution in [3.63, 3.8) is 0 Å². The zero-order chi connectivity index (χ0) is 17.9. The third-order valence-electron chi connectivity index (χ3n) is 5.38. The maximum atomic E-state index is 12.8. The summed E-state index contributed by atoms with van der Waals surface area (Å²) in [6, 6.07) is 8.96. The van der Waals surface area contributed by atoms with Gasteiger partial charge in [-0.15, -0.1) is 0 Å². The van der Waals surface area contributed by atoms with E-state index in [0.29, 0.717) is 31.7 Å². The second-order valence-electron chi connectivity index (χ2n) is 7.03. The van der Waals surface area contributed by atoms with Crippen LogP contribution >= 0.6 is 0 Å². The Balaban J connectivity index is 1.65. The molecule has 2 heterocycles. The molecule has 0 spiro atoms. The van der Waals surface area contributed by atoms with Crippen molar-refractivity contribution < 1.29 is 19.4 Å². The number of carbonyl (C=O) groups excluding carboxylic acids is 1. The molecule has 1 aromatic carbocycles. The minimum atomic E-state index is -1.25. The smallest absolute Gasteiger partial charge is 0.348 e. The van der Waals surface area contributed by atoms with E-state index >= 15 is 0 Å². The number of benzene rings is 1. The van der Waals surface area contributed by atoms with E-state index in [1.165, 1.54) is 0 Å². The molecule has 6 nitrogen and oxygen atoms in total. The summed E-state index contributed by atoms with van der Waals surface area (Å²) in [5, 5.41) is 9.73. The van der Waals surface area contributed by atoms with Crippen molar-refractivity contribution in [1.29, 1.82) is 0 Å². The minimum Gasteiger partial charge on any atom is -0.478 e. The van der Waals surface area contributed by atoms with Gasteiger partial charge in [-0.3, -0.25) is 9.69 Å². The van der Waals surface area contributed by atoms with Gasteiger partial charge < -0.3 is 14.7 Å². The van der Waals surface area contributed by atoms with Crippen molar-refractivity contribution >= 4 is 11.9 Å². The van der Waals surface area contributed by atoms with Crippen LogP contribution in [0.25, 0.3) is 0 Å². The highest BCUT2D eigenvalue weighted by atomic mass is 16.5. The number of hydrogen-bond donors (Lipinski definition) is 1. The van der Waals surface area contributed by atoms with Gasteiger partial charge in [-0.25, -0.2) is 4.79 Å². The number of carboxylic acids is 1. The number of hydrogen-bond acceptors (Lipinski definition) is 4. The Bertz CT molecular complexity index is 611. The first kappa shape index (κ1) is 17.7. The Labute approximate surface area is 148 Å². The van der Waals surface area contributed by atoms with Crippen LogP contribution < -0.4 is 4.74 Å². The molecule has 3 rings (SSSR count). The topological polar surface area (TPSA) is 70.1 Å². The lowest BCUT2D eigenvalue weighted by molar-refractivity contribution is -0.162. The molecule has 2 aliphatic rings. The lowest BCUT2D eigenvalue weighted by Crippen LogP contribution is -2.57. The summed E-state index contributed by atoms with van der Waals surface area (Å²) in [6.45, 7) is 1.78. The normalized spacial score (nSPS) is 23.9. The number of carboxylic acid groups (broad SMARTS) is 1. The Morgan fingerprint density at radius 2 is 1.80 bits per heavy atom. The minimum absolute atomic E-state index is 0.0684. The molecule has 1 N–H and O–H groups in total. The maximum absolute atomic E-state index is 12.8. The Morgan fingerprint density at radius 3 is 2.40 bits per heavy atom. The van der Waals surface area contributed by atoms with Crippen LogP contribution in [0.2, 0.25) is 0 Å². The van der Waals surface area contributed by atoms with E-state index in [0.717, 1.165) is 25.8 Å². The second-order valence-corrected chi connectivity index (χ2v) is 7.03. The Hall–Kier alpha value is -2.08. The van der Waals surface area contributed by atoms with Gasteiger partial charge in [0.25, 0.3) is 0 Å². The molecule has 1 unspecified atom stereocenters. The van der Waals surface area contributed by atoms with Gasteiger partial charge in [0.1, 0.15) is 5.75 Å². The van der Waals surface area contributed by atoms with Crippen molar-refractivity contribution in [1.82, 2.24) is 9.80 Å². The van der Waals surface area contributed by atoms with E-state index in [1.54, 1.807) is 12.1 Å². The molecule has 0 aromatic heterocycles. The van der Waals surface area contributed by atoms with Crippen LogP contribution in [0.5, 0.6) is 5.75 Å². The highest BCUT2D eigenvalue weighted by molar-refractivity contribution is 5.83. The first-order valence-corrected chi connectivity index (χ1v) is 8.98. The molecule has 0 bridgehead atoms. The second kappa shape index (κ2) is 7.44.